The number of aromatic nitrogens is 2. The topological polar surface area (TPSA) is 56.1 Å². The maximum atomic E-state index is 11.9. The van der Waals surface area contributed by atoms with Gasteiger partial charge in [0, 0.05) is 36.1 Å². The van der Waals surface area contributed by atoms with Gasteiger partial charge < -0.3 is 14.6 Å². The summed E-state index contributed by atoms with van der Waals surface area (Å²) in [6.45, 7) is 0.397. The first-order chi connectivity index (χ1) is 12.1. The van der Waals surface area contributed by atoms with E-state index in [1.54, 1.807) is 35.7 Å². The minimum Gasteiger partial charge on any atom is -0.486 e. The SMILES string of the molecule is Cn1ccnc1COc1ccc(NC(=O)/C=C/c2ccc(Br)s2)cc1. The van der Waals surface area contributed by atoms with Gasteiger partial charge in [-0.1, -0.05) is 0 Å². The van der Waals surface area contributed by atoms with Crippen molar-refractivity contribution in [2.75, 3.05) is 5.32 Å². The van der Waals surface area contributed by atoms with Gasteiger partial charge in [0.15, 0.2) is 0 Å². The van der Waals surface area contributed by atoms with Crippen molar-refractivity contribution in [2.24, 2.45) is 7.05 Å². The van der Waals surface area contributed by atoms with Crippen LogP contribution in [0.4, 0.5) is 5.69 Å². The first-order valence-electron chi connectivity index (χ1n) is 7.53. The van der Waals surface area contributed by atoms with Gasteiger partial charge in [-0.25, -0.2) is 4.98 Å². The first kappa shape index (κ1) is 17.4. The molecular formula is C18H16BrN3O2S. The largest absolute Gasteiger partial charge is 0.486 e. The zero-order chi connectivity index (χ0) is 17.6. The molecule has 0 saturated carbocycles. The second-order valence-corrected chi connectivity index (χ2v) is 7.73. The van der Waals surface area contributed by atoms with Crippen molar-refractivity contribution in [1.82, 2.24) is 9.55 Å². The summed E-state index contributed by atoms with van der Waals surface area (Å²) in [4.78, 5) is 17.2. The third kappa shape index (κ3) is 5.04. The molecule has 3 aromatic rings. The molecule has 1 aromatic carbocycles. The Balaban J connectivity index is 1.52. The van der Waals surface area contributed by atoms with Crippen molar-refractivity contribution >= 4 is 44.9 Å². The van der Waals surface area contributed by atoms with Crippen LogP contribution in [0.15, 0.2) is 58.7 Å². The molecule has 0 fully saturated rings. The Morgan fingerprint density at radius 3 is 2.76 bits per heavy atom. The monoisotopic (exact) mass is 417 g/mol. The molecule has 0 spiro atoms. The predicted octanol–water partition coefficient (Wildman–Crippen LogP) is 4.48. The molecule has 0 bridgehead atoms. The van der Waals surface area contributed by atoms with Crippen LogP contribution in [0.1, 0.15) is 10.7 Å². The fourth-order valence-electron chi connectivity index (χ4n) is 2.08. The van der Waals surface area contributed by atoms with Gasteiger partial charge in [0.2, 0.25) is 5.91 Å². The summed E-state index contributed by atoms with van der Waals surface area (Å²) in [5.74, 6) is 1.40. The number of nitrogens with zero attached hydrogens (tertiary/aromatic N) is 2. The van der Waals surface area contributed by atoms with Gasteiger partial charge in [-0.3, -0.25) is 4.79 Å². The maximum Gasteiger partial charge on any atom is 0.248 e. The molecule has 1 amide bonds. The number of thiophene rings is 1. The summed E-state index contributed by atoms with van der Waals surface area (Å²) in [5.41, 5.74) is 0.714. The molecule has 0 aliphatic heterocycles. The number of halogens is 1. The lowest BCUT2D eigenvalue weighted by atomic mass is 10.3. The third-order valence-electron chi connectivity index (χ3n) is 3.40. The van der Waals surface area contributed by atoms with Gasteiger partial charge in [-0.15, -0.1) is 11.3 Å². The second kappa shape index (κ2) is 8.13. The fourth-order valence-corrected chi connectivity index (χ4v) is 3.40. The zero-order valence-corrected chi connectivity index (χ0v) is 15.9. The minimum atomic E-state index is -0.175. The molecule has 128 valence electrons. The van der Waals surface area contributed by atoms with Gasteiger partial charge in [-0.2, -0.15) is 0 Å². The molecule has 0 aliphatic carbocycles. The van der Waals surface area contributed by atoms with Gasteiger partial charge >= 0.3 is 0 Å². The van der Waals surface area contributed by atoms with Crippen molar-refractivity contribution in [2.45, 2.75) is 6.61 Å². The van der Waals surface area contributed by atoms with E-state index in [1.165, 1.54) is 6.08 Å². The summed E-state index contributed by atoms with van der Waals surface area (Å²) in [5, 5.41) is 2.82. The highest BCUT2D eigenvalue weighted by Gasteiger charge is 2.02. The van der Waals surface area contributed by atoms with Gasteiger partial charge in [0.25, 0.3) is 0 Å². The van der Waals surface area contributed by atoms with E-state index in [0.29, 0.717) is 12.3 Å². The second-order valence-electron chi connectivity index (χ2n) is 5.23. The minimum absolute atomic E-state index is 0.175. The molecule has 2 heterocycles. The van der Waals surface area contributed by atoms with Crippen LogP contribution in [-0.2, 0) is 18.4 Å². The van der Waals surface area contributed by atoms with Crippen molar-refractivity contribution in [3.63, 3.8) is 0 Å². The number of benzene rings is 1. The standard InChI is InChI=1S/C18H16BrN3O2S/c1-22-11-10-20-17(22)12-24-14-4-2-13(3-5-14)21-18(23)9-7-15-6-8-16(19)25-15/h2-11H,12H2,1H3,(H,21,23)/b9-7+. The van der Waals surface area contributed by atoms with Gasteiger partial charge in [0.05, 0.1) is 3.79 Å². The maximum absolute atomic E-state index is 11.9. The number of ether oxygens (including phenoxy) is 1. The van der Waals surface area contributed by atoms with Crippen LogP contribution in [0.3, 0.4) is 0 Å². The van der Waals surface area contributed by atoms with Crippen molar-refractivity contribution in [3.8, 4) is 5.75 Å². The molecule has 0 unspecified atom stereocenters. The van der Waals surface area contributed by atoms with E-state index in [4.69, 9.17) is 4.74 Å². The fraction of sp³-hybridized carbons (Fsp3) is 0.111. The third-order valence-corrected chi connectivity index (χ3v) is 4.99. The molecule has 2 aromatic heterocycles. The number of amides is 1. The average Bonchev–Trinajstić information content (AvgIpc) is 3.20. The molecule has 5 nitrogen and oxygen atoms in total. The highest BCUT2D eigenvalue weighted by molar-refractivity contribution is 9.11. The Hall–Kier alpha value is -2.38. The van der Waals surface area contributed by atoms with Gasteiger partial charge in [0.1, 0.15) is 18.2 Å². The lowest BCUT2D eigenvalue weighted by molar-refractivity contribution is -0.111. The molecule has 0 radical (unpaired) electrons. The highest BCUT2D eigenvalue weighted by atomic mass is 79.9. The van der Waals surface area contributed by atoms with Crippen LogP contribution in [0.25, 0.3) is 6.08 Å². The van der Waals surface area contributed by atoms with E-state index >= 15 is 0 Å². The Bertz CT molecular complexity index is 884. The van der Waals surface area contributed by atoms with E-state index < -0.39 is 0 Å². The quantitative estimate of drug-likeness (QED) is 0.601. The summed E-state index contributed by atoms with van der Waals surface area (Å²) < 4.78 is 8.63. The number of carbonyl (C=O) groups excluding carboxylic acids is 1. The zero-order valence-electron chi connectivity index (χ0n) is 13.5. The van der Waals surface area contributed by atoms with Crippen LogP contribution < -0.4 is 10.1 Å². The lowest BCUT2D eigenvalue weighted by Gasteiger charge is -2.07. The molecule has 1 N–H and O–H groups in total. The Kier molecular flexibility index (Phi) is 5.67. The van der Waals surface area contributed by atoms with E-state index in [1.807, 2.05) is 42.1 Å². The normalized spacial score (nSPS) is 11.0. The van der Waals surface area contributed by atoms with E-state index in [9.17, 15) is 4.79 Å². The number of aryl methyl sites for hydroxylation is 1. The van der Waals surface area contributed by atoms with E-state index in [0.717, 1.165) is 20.2 Å². The number of imidazole rings is 1. The number of hydrogen-bond acceptors (Lipinski definition) is 4. The smallest absolute Gasteiger partial charge is 0.248 e. The van der Waals surface area contributed by atoms with Crippen LogP contribution in [0.5, 0.6) is 5.75 Å². The number of hydrogen-bond donors (Lipinski definition) is 1. The Labute approximate surface area is 158 Å². The van der Waals surface area contributed by atoms with Crippen molar-refractivity contribution < 1.29 is 9.53 Å². The Morgan fingerprint density at radius 1 is 1.32 bits per heavy atom. The summed E-state index contributed by atoms with van der Waals surface area (Å²) in [6.07, 6.45) is 6.91. The molecule has 0 atom stereocenters. The molecule has 25 heavy (non-hydrogen) atoms. The Morgan fingerprint density at radius 2 is 2.12 bits per heavy atom. The molecule has 0 saturated heterocycles. The van der Waals surface area contributed by atoms with E-state index in [2.05, 4.69) is 26.2 Å². The van der Waals surface area contributed by atoms with Crippen LogP contribution >= 0.6 is 27.3 Å². The van der Waals surface area contributed by atoms with Gasteiger partial charge in [-0.05, 0) is 58.4 Å². The highest BCUT2D eigenvalue weighted by Crippen LogP contribution is 2.23. The summed E-state index contributed by atoms with van der Waals surface area (Å²) in [6, 6.07) is 11.2. The lowest BCUT2D eigenvalue weighted by Crippen LogP contribution is -2.07. The number of rotatable bonds is 6. The number of nitrogens with one attached hydrogen (secondary N) is 1. The molecule has 7 heteroatoms. The molecule has 3 rings (SSSR count). The predicted molar refractivity (Wildman–Crippen MR) is 104 cm³/mol. The summed E-state index contributed by atoms with van der Waals surface area (Å²) >= 11 is 4.97. The van der Waals surface area contributed by atoms with Crippen molar-refractivity contribution in [1.29, 1.82) is 0 Å². The number of carbonyl (C=O) groups is 1. The molecule has 0 aliphatic rings. The summed E-state index contributed by atoms with van der Waals surface area (Å²) in [7, 11) is 1.92. The number of anilines is 1. The van der Waals surface area contributed by atoms with Crippen LogP contribution in [-0.4, -0.2) is 15.5 Å². The van der Waals surface area contributed by atoms with E-state index in [-0.39, 0.29) is 5.91 Å². The first-order valence-corrected chi connectivity index (χ1v) is 9.14. The molecular weight excluding hydrogens is 402 g/mol. The van der Waals surface area contributed by atoms with Crippen molar-refractivity contribution in [3.05, 3.63) is 69.4 Å². The average molecular weight is 418 g/mol. The van der Waals surface area contributed by atoms with Crippen LogP contribution in [0, 0.1) is 0 Å². The van der Waals surface area contributed by atoms with Crippen LogP contribution in [0.2, 0.25) is 0 Å².